The number of carbonyl (C=O) groups excluding carboxylic acids is 1. The molecule has 0 bridgehead atoms. The first kappa shape index (κ1) is 12.8. The molecule has 0 aromatic carbocycles. The van der Waals surface area contributed by atoms with Gasteiger partial charge in [-0.1, -0.05) is 6.42 Å². The number of hydrogen-bond donors (Lipinski definition) is 2. The number of amides is 1. The summed E-state index contributed by atoms with van der Waals surface area (Å²) in [4.78, 5) is 14.2. The lowest BCUT2D eigenvalue weighted by molar-refractivity contribution is -0.122. The van der Waals surface area contributed by atoms with Crippen LogP contribution in [0.3, 0.4) is 0 Å². The van der Waals surface area contributed by atoms with E-state index in [-0.39, 0.29) is 11.9 Å². The molecule has 1 amide bonds. The van der Waals surface area contributed by atoms with Crippen molar-refractivity contribution in [1.29, 1.82) is 0 Å². The summed E-state index contributed by atoms with van der Waals surface area (Å²) in [5.41, 5.74) is 0. The van der Waals surface area contributed by atoms with Crippen molar-refractivity contribution < 1.29 is 4.79 Å². The maximum absolute atomic E-state index is 11.7. The van der Waals surface area contributed by atoms with Gasteiger partial charge in [-0.25, -0.2) is 0 Å². The van der Waals surface area contributed by atoms with E-state index in [1.807, 2.05) is 0 Å². The van der Waals surface area contributed by atoms with Crippen molar-refractivity contribution in [2.24, 2.45) is 0 Å². The summed E-state index contributed by atoms with van der Waals surface area (Å²) in [7, 11) is 0. The number of hydrogen-bond acceptors (Lipinski definition) is 3. The van der Waals surface area contributed by atoms with E-state index in [9.17, 15) is 4.79 Å². The van der Waals surface area contributed by atoms with Crippen molar-refractivity contribution in [2.45, 2.75) is 44.6 Å². The molecular weight excluding hydrogens is 214 g/mol. The van der Waals surface area contributed by atoms with Crippen LogP contribution >= 0.6 is 0 Å². The molecule has 4 heteroatoms. The summed E-state index contributed by atoms with van der Waals surface area (Å²) in [6.45, 7) is 5.45. The highest BCUT2D eigenvalue weighted by atomic mass is 16.2. The number of likely N-dealkylation sites (tertiary alicyclic amines) is 1. The van der Waals surface area contributed by atoms with E-state index in [0.29, 0.717) is 0 Å². The van der Waals surface area contributed by atoms with Crippen LogP contribution in [0.2, 0.25) is 0 Å². The minimum atomic E-state index is 0.0741. The second-order valence-corrected chi connectivity index (χ2v) is 5.20. The summed E-state index contributed by atoms with van der Waals surface area (Å²) >= 11 is 0. The zero-order valence-corrected chi connectivity index (χ0v) is 10.7. The summed E-state index contributed by atoms with van der Waals surface area (Å²) in [6, 6.07) is 0.0741. The van der Waals surface area contributed by atoms with Gasteiger partial charge in [-0.05, 0) is 58.3 Å². The van der Waals surface area contributed by atoms with Gasteiger partial charge in [0.25, 0.3) is 0 Å². The summed E-state index contributed by atoms with van der Waals surface area (Å²) in [5, 5.41) is 6.26. The molecule has 1 atom stereocenters. The lowest BCUT2D eigenvalue weighted by Gasteiger charge is -2.26. The third-order valence-electron chi connectivity index (χ3n) is 3.78. The summed E-state index contributed by atoms with van der Waals surface area (Å²) in [5.74, 6) is 0.196. The minimum absolute atomic E-state index is 0.0741. The molecule has 4 nitrogen and oxygen atoms in total. The van der Waals surface area contributed by atoms with Gasteiger partial charge in [-0.15, -0.1) is 0 Å². The topological polar surface area (TPSA) is 44.4 Å². The Morgan fingerprint density at radius 3 is 2.76 bits per heavy atom. The van der Waals surface area contributed by atoms with Gasteiger partial charge >= 0.3 is 0 Å². The van der Waals surface area contributed by atoms with Crippen molar-refractivity contribution in [2.75, 3.05) is 32.7 Å². The monoisotopic (exact) mass is 239 g/mol. The molecule has 98 valence electrons. The van der Waals surface area contributed by atoms with Crippen molar-refractivity contribution in [3.63, 3.8) is 0 Å². The fourth-order valence-electron chi connectivity index (χ4n) is 2.73. The highest BCUT2D eigenvalue weighted by molar-refractivity contribution is 5.81. The third kappa shape index (κ3) is 4.28. The Kier molecular flexibility index (Phi) is 5.26. The van der Waals surface area contributed by atoms with Gasteiger partial charge in [0.15, 0.2) is 0 Å². The van der Waals surface area contributed by atoms with E-state index in [2.05, 4.69) is 15.5 Å². The number of piperidine rings is 1. The molecule has 0 saturated carbocycles. The average Bonchev–Trinajstić information content (AvgIpc) is 2.89. The quantitative estimate of drug-likeness (QED) is 0.695. The molecule has 17 heavy (non-hydrogen) atoms. The average molecular weight is 239 g/mol. The highest BCUT2D eigenvalue weighted by Crippen LogP contribution is 2.08. The van der Waals surface area contributed by atoms with Gasteiger partial charge < -0.3 is 15.5 Å². The predicted molar refractivity (Wildman–Crippen MR) is 68.9 cm³/mol. The smallest absolute Gasteiger partial charge is 0.237 e. The van der Waals surface area contributed by atoms with Gasteiger partial charge in [0, 0.05) is 6.54 Å². The molecule has 0 unspecified atom stereocenters. The SMILES string of the molecule is O=C(NCCCN1CCCCC1)[C@H]1CCCN1. The van der Waals surface area contributed by atoms with E-state index in [4.69, 9.17) is 0 Å². The molecule has 0 radical (unpaired) electrons. The van der Waals surface area contributed by atoms with Crippen LogP contribution in [0.5, 0.6) is 0 Å². The Morgan fingerprint density at radius 2 is 2.06 bits per heavy atom. The van der Waals surface area contributed by atoms with E-state index in [0.717, 1.165) is 38.9 Å². The Bertz CT molecular complexity index is 233. The highest BCUT2D eigenvalue weighted by Gasteiger charge is 2.21. The van der Waals surface area contributed by atoms with Crippen molar-refractivity contribution in [3.05, 3.63) is 0 Å². The Hall–Kier alpha value is -0.610. The zero-order chi connectivity index (χ0) is 11.9. The van der Waals surface area contributed by atoms with Gasteiger partial charge in [-0.3, -0.25) is 4.79 Å². The van der Waals surface area contributed by atoms with Crippen molar-refractivity contribution >= 4 is 5.91 Å². The second kappa shape index (κ2) is 6.97. The van der Waals surface area contributed by atoms with Crippen molar-refractivity contribution in [3.8, 4) is 0 Å². The molecule has 2 fully saturated rings. The first-order valence-corrected chi connectivity index (χ1v) is 7.10. The van der Waals surface area contributed by atoms with Crippen LogP contribution in [0.4, 0.5) is 0 Å². The van der Waals surface area contributed by atoms with Gasteiger partial charge in [-0.2, -0.15) is 0 Å². The van der Waals surface area contributed by atoms with Gasteiger partial charge in [0.1, 0.15) is 0 Å². The summed E-state index contributed by atoms with van der Waals surface area (Å²) < 4.78 is 0. The van der Waals surface area contributed by atoms with E-state index >= 15 is 0 Å². The molecule has 0 aliphatic carbocycles. The molecule has 2 rings (SSSR count). The maximum Gasteiger partial charge on any atom is 0.237 e. The van der Waals surface area contributed by atoms with Crippen LogP contribution in [-0.2, 0) is 4.79 Å². The molecule has 0 aromatic heterocycles. The van der Waals surface area contributed by atoms with Crippen LogP contribution < -0.4 is 10.6 Å². The first-order chi connectivity index (χ1) is 8.36. The molecule has 2 N–H and O–H groups in total. The Morgan fingerprint density at radius 1 is 1.24 bits per heavy atom. The molecule has 0 aromatic rings. The number of nitrogens with zero attached hydrogens (tertiary/aromatic N) is 1. The number of nitrogens with one attached hydrogen (secondary N) is 2. The van der Waals surface area contributed by atoms with Gasteiger partial charge in [0.2, 0.25) is 5.91 Å². The molecule has 2 aliphatic rings. The lowest BCUT2D eigenvalue weighted by atomic mass is 10.1. The molecule has 0 spiro atoms. The second-order valence-electron chi connectivity index (χ2n) is 5.20. The number of carbonyl (C=O) groups is 1. The maximum atomic E-state index is 11.7. The van der Waals surface area contributed by atoms with Crippen LogP contribution in [0.1, 0.15) is 38.5 Å². The molecule has 2 saturated heterocycles. The largest absolute Gasteiger partial charge is 0.355 e. The molecular formula is C13H25N3O. The fraction of sp³-hybridized carbons (Fsp3) is 0.923. The van der Waals surface area contributed by atoms with Crippen LogP contribution in [0, 0.1) is 0 Å². The number of rotatable bonds is 5. The predicted octanol–water partition coefficient (Wildman–Crippen LogP) is 0.731. The molecule has 2 aliphatic heterocycles. The van der Waals surface area contributed by atoms with E-state index < -0.39 is 0 Å². The Balaban J connectivity index is 1.51. The standard InChI is InChI=1S/C13H25N3O/c17-13(12-6-4-7-14-12)15-8-5-11-16-9-2-1-3-10-16/h12,14H,1-11H2,(H,15,17)/t12-/m1/s1. The first-order valence-electron chi connectivity index (χ1n) is 7.10. The Labute approximate surface area is 104 Å². The van der Waals surface area contributed by atoms with Crippen molar-refractivity contribution in [1.82, 2.24) is 15.5 Å². The van der Waals surface area contributed by atoms with Crippen LogP contribution in [-0.4, -0.2) is 49.6 Å². The fourth-order valence-corrected chi connectivity index (χ4v) is 2.73. The zero-order valence-electron chi connectivity index (χ0n) is 10.7. The third-order valence-corrected chi connectivity index (χ3v) is 3.78. The normalized spacial score (nSPS) is 26.0. The summed E-state index contributed by atoms with van der Waals surface area (Å²) in [6.07, 6.45) is 7.29. The van der Waals surface area contributed by atoms with E-state index in [1.165, 1.54) is 32.4 Å². The van der Waals surface area contributed by atoms with Crippen LogP contribution in [0.15, 0.2) is 0 Å². The van der Waals surface area contributed by atoms with Gasteiger partial charge in [0.05, 0.1) is 6.04 Å². The van der Waals surface area contributed by atoms with E-state index in [1.54, 1.807) is 0 Å². The lowest BCUT2D eigenvalue weighted by Crippen LogP contribution is -2.41. The minimum Gasteiger partial charge on any atom is -0.355 e. The van der Waals surface area contributed by atoms with Crippen LogP contribution in [0.25, 0.3) is 0 Å². The molecule has 2 heterocycles.